The lowest BCUT2D eigenvalue weighted by atomic mass is 9.84. The predicted octanol–water partition coefficient (Wildman–Crippen LogP) is -0.323. The van der Waals surface area contributed by atoms with E-state index in [0.717, 1.165) is 0 Å². The molecule has 4 atom stereocenters. The summed E-state index contributed by atoms with van der Waals surface area (Å²) >= 11 is 0. The zero-order valence-electron chi connectivity index (χ0n) is 10.0. The first-order valence-electron chi connectivity index (χ1n) is 5.90. The van der Waals surface area contributed by atoms with E-state index in [2.05, 4.69) is 5.32 Å². The Kier molecular flexibility index (Phi) is 3.25. The minimum atomic E-state index is -1.98. The maximum atomic E-state index is 14.5. The monoisotopic (exact) mass is 257 g/mol. The number of aliphatic hydroxyl groups is 2. The van der Waals surface area contributed by atoms with Gasteiger partial charge in [-0.25, -0.2) is 4.39 Å². The normalized spacial score (nSPS) is 40.7. The summed E-state index contributed by atoms with van der Waals surface area (Å²) in [5, 5.41) is 21.0. The molecule has 2 rings (SSSR count). The lowest BCUT2D eigenvalue weighted by molar-refractivity contribution is -0.129. The summed E-state index contributed by atoms with van der Waals surface area (Å²) in [6.07, 6.45) is 0.334. The molecule has 5 nitrogen and oxygen atoms in total. The summed E-state index contributed by atoms with van der Waals surface area (Å²) in [5.74, 6) is -2.40. The molecule has 0 aromatic rings. The standard InChI is InChI=1S/C12H16FNO4/c1-12(13)8(4-6(5-15)10(12)17)7-2-3-9(16)14-11(7)18/h2,6,8,10,15,17H,3-5H2,1H3,(H,14,16,18)/t6-,8+,10-,12+/m1/s1. The Hall–Kier alpha value is -1.27. The van der Waals surface area contributed by atoms with Crippen LogP contribution in [0.15, 0.2) is 11.6 Å². The van der Waals surface area contributed by atoms with E-state index >= 15 is 0 Å². The van der Waals surface area contributed by atoms with Crippen LogP contribution in [-0.2, 0) is 9.59 Å². The van der Waals surface area contributed by atoms with E-state index in [0.29, 0.717) is 0 Å². The third-order valence-corrected chi connectivity index (χ3v) is 3.88. The number of hydrogen-bond donors (Lipinski definition) is 3. The fourth-order valence-electron chi connectivity index (χ4n) is 2.78. The first-order valence-corrected chi connectivity index (χ1v) is 5.90. The van der Waals surface area contributed by atoms with Crippen molar-refractivity contribution in [2.75, 3.05) is 6.61 Å². The Morgan fingerprint density at radius 1 is 1.56 bits per heavy atom. The molecule has 1 aliphatic carbocycles. The molecule has 2 amide bonds. The summed E-state index contributed by atoms with van der Waals surface area (Å²) in [7, 11) is 0. The zero-order chi connectivity index (χ0) is 13.5. The van der Waals surface area contributed by atoms with Crippen molar-refractivity contribution in [2.24, 2.45) is 11.8 Å². The van der Waals surface area contributed by atoms with Crippen LogP contribution in [0.5, 0.6) is 0 Å². The number of alkyl halides is 1. The van der Waals surface area contributed by atoms with E-state index in [1.54, 1.807) is 0 Å². The number of nitrogens with one attached hydrogen (secondary N) is 1. The van der Waals surface area contributed by atoms with Crippen LogP contribution in [-0.4, -0.2) is 40.4 Å². The molecule has 6 heteroatoms. The van der Waals surface area contributed by atoms with E-state index in [1.165, 1.54) is 13.0 Å². The lowest BCUT2D eigenvalue weighted by Gasteiger charge is -2.28. The molecule has 0 saturated heterocycles. The Morgan fingerprint density at radius 3 is 2.72 bits per heavy atom. The van der Waals surface area contributed by atoms with Gasteiger partial charge in [-0.2, -0.15) is 0 Å². The van der Waals surface area contributed by atoms with Crippen molar-refractivity contribution in [3.05, 3.63) is 11.6 Å². The van der Waals surface area contributed by atoms with E-state index in [4.69, 9.17) is 5.11 Å². The van der Waals surface area contributed by atoms with Crippen LogP contribution in [0.25, 0.3) is 0 Å². The summed E-state index contributed by atoms with van der Waals surface area (Å²) in [4.78, 5) is 22.7. The minimum Gasteiger partial charge on any atom is -0.396 e. The largest absolute Gasteiger partial charge is 0.396 e. The molecule has 1 heterocycles. The third-order valence-electron chi connectivity index (χ3n) is 3.88. The highest BCUT2D eigenvalue weighted by molar-refractivity contribution is 6.07. The van der Waals surface area contributed by atoms with Crippen molar-refractivity contribution in [2.45, 2.75) is 31.5 Å². The second kappa shape index (κ2) is 4.44. The number of hydrogen-bond acceptors (Lipinski definition) is 4. The van der Waals surface area contributed by atoms with Crippen molar-refractivity contribution >= 4 is 11.8 Å². The molecule has 18 heavy (non-hydrogen) atoms. The number of carbonyl (C=O) groups is 2. The second-order valence-electron chi connectivity index (χ2n) is 5.07. The van der Waals surface area contributed by atoms with Crippen LogP contribution in [0, 0.1) is 11.8 Å². The molecular weight excluding hydrogens is 241 g/mol. The Morgan fingerprint density at radius 2 is 2.22 bits per heavy atom. The maximum absolute atomic E-state index is 14.5. The molecule has 2 aliphatic rings. The number of aliphatic hydroxyl groups excluding tert-OH is 2. The first kappa shape index (κ1) is 13.2. The minimum absolute atomic E-state index is 0.0353. The molecule has 100 valence electrons. The van der Waals surface area contributed by atoms with Gasteiger partial charge in [0.25, 0.3) is 5.91 Å². The first-order chi connectivity index (χ1) is 8.37. The molecule has 3 N–H and O–H groups in total. The van der Waals surface area contributed by atoms with E-state index in [9.17, 15) is 19.1 Å². The van der Waals surface area contributed by atoms with E-state index in [-0.39, 0.29) is 25.0 Å². The van der Waals surface area contributed by atoms with Gasteiger partial charge in [0.15, 0.2) is 0 Å². The van der Waals surface area contributed by atoms with Crippen LogP contribution >= 0.6 is 0 Å². The lowest BCUT2D eigenvalue weighted by Crippen LogP contribution is -2.43. The fourth-order valence-corrected chi connectivity index (χ4v) is 2.78. The van der Waals surface area contributed by atoms with Crippen LogP contribution in [0.3, 0.4) is 0 Å². The average Bonchev–Trinajstić information content (AvgIpc) is 2.52. The van der Waals surface area contributed by atoms with Gasteiger partial charge in [0.05, 0.1) is 6.10 Å². The molecule has 0 unspecified atom stereocenters. The van der Waals surface area contributed by atoms with Gasteiger partial charge in [-0.15, -0.1) is 0 Å². The number of rotatable bonds is 2. The quantitative estimate of drug-likeness (QED) is 0.592. The number of amides is 2. The predicted molar refractivity (Wildman–Crippen MR) is 60.1 cm³/mol. The third kappa shape index (κ3) is 1.95. The molecule has 1 aliphatic heterocycles. The van der Waals surface area contributed by atoms with Gasteiger partial charge >= 0.3 is 0 Å². The molecule has 1 fully saturated rings. The molecule has 0 aromatic carbocycles. The van der Waals surface area contributed by atoms with Crippen LogP contribution < -0.4 is 5.32 Å². The van der Waals surface area contributed by atoms with Crippen LogP contribution in [0.2, 0.25) is 0 Å². The Bertz CT molecular complexity index is 418. The number of halogens is 1. The Balaban J connectivity index is 2.29. The van der Waals surface area contributed by atoms with Crippen molar-refractivity contribution in [1.29, 1.82) is 0 Å². The van der Waals surface area contributed by atoms with Gasteiger partial charge < -0.3 is 10.2 Å². The van der Waals surface area contributed by atoms with Gasteiger partial charge in [-0.1, -0.05) is 6.08 Å². The molecule has 1 saturated carbocycles. The zero-order valence-corrected chi connectivity index (χ0v) is 10.0. The molecule has 0 bridgehead atoms. The van der Waals surface area contributed by atoms with E-state index in [1.807, 2.05) is 0 Å². The topological polar surface area (TPSA) is 86.6 Å². The second-order valence-corrected chi connectivity index (χ2v) is 5.07. The summed E-state index contributed by atoms with van der Waals surface area (Å²) in [5.41, 5.74) is -1.79. The average molecular weight is 257 g/mol. The molecule has 0 radical (unpaired) electrons. The summed E-state index contributed by atoms with van der Waals surface area (Å²) in [6, 6.07) is 0. The highest BCUT2D eigenvalue weighted by Gasteiger charge is 2.54. The fraction of sp³-hybridized carbons (Fsp3) is 0.667. The summed E-state index contributed by atoms with van der Waals surface area (Å²) < 4.78 is 14.5. The van der Waals surface area contributed by atoms with Crippen molar-refractivity contribution in [3.8, 4) is 0 Å². The summed E-state index contributed by atoms with van der Waals surface area (Å²) in [6.45, 7) is 0.896. The molecular formula is C12H16FNO4. The van der Waals surface area contributed by atoms with Gasteiger partial charge in [-0.05, 0) is 13.3 Å². The maximum Gasteiger partial charge on any atom is 0.253 e. The van der Waals surface area contributed by atoms with Crippen LogP contribution in [0.1, 0.15) is 19.8 Å². The van der Waals surface area contributed by atoms with E-state index < -0.39 is 35.4 Å². The van der Waals surface area contributed by atoms with Crippen molar-refractivity contribution in [3.63, 3.8) is 0 Å². The molecule has 0 spiro atoms. The van der Waals surface area contributed by atoms with Crippen molar-refractivity contribution < 1.29 is 24.2 Å². The SMILES string of the molecule is C[C@@]1(F)[C@H](O)[C@@H](CO)C[C@H]1C1=CCC(=O)NC1=O. The van der Waals surface area contributed by atoms with Gasteiger partial charge in [0.2, 0.25) is 5.91 Å². The number of carbonyl (C=O) groups excluding carboxylic acids is 2. The van der Waals surface area contributed by atoms with Crippen LogP contribution in [0.4, 0.5) is 4.39 Å². The van der Waals surface area contributed by atoms with Gasteiger partial charge in [0.1, 0.15) is 5.67 Å². The smallest absolute Gasteiger partial charge is 0.253 e. The number of imide groups is 1. The van der Waals surface area contributed by atoms with Gasteiger partial charge in [0, 0.05) is 30.4 Å². The highest BCUT2D eigenvalue weighted by Crippen LogP contribution is 2.46. The highest BCUT2D eigenvalue weighted by atomic mass is 19.1. The van der Waals surface area contributed by atoms with Gasteiger partial charge in [-0.3, -0.25) is 14.9 Å². The Labute approximate surface area is 104 Å². The van der Waals surface area contributed by atoms with Crippen molar-refractivity contribution in [1.82, 2.24) is 5.32 Å². The molecule has 0 aromatic heterocycles.